The average Bonchev–Trinajstić information content (AvgIpc) is 3.38. The van der Waals surface area contributed by atoms with Gasteiger partial charge >= 0.3 is 12.0 Å². The van der Waals surface area contributed by atoms with E-state index in [1.165, 1.54) is 11.3 Å². The minimum absolute atomic E-state index is 0.222. The van der Waals surface area contributed by atoms with Gasteiger partial charge in [0.15, 0.2) is 10.8 Å². The minimum Gasteiger partial charge on any atom is -0.462 e. The highest BCUT2D eigenvalue weighted by Gasteiger charge is 2.44. The summed E-state index contributed by atoms with van der Waals surface area (Å²) in [6.07, 6.45) is 5.01. The van der Waals surface area contributed by atoms with Crippen molar-refractivity contribution in [1.82, 2.24) is 15.6 Å². The maximum atomic E-state index is 12.7. The Morgan fingerprint density at radius 3 is 2.68 bits per heavy atom. The van der Waals surface area contributed by atoms with E-state index in [1.807, 2.05) is 38.3 Å². The van der Waals surface area contributed by atoms with Crippen LogP contribution < -0.4 is 10.6 Å². The molecule has 152 valence electrons. The summed E-state index contributed by atoms with van der Waals surface area (Å²) in [7, 11) is 0. The van der Waals surface area contributed by atoms with E-state index in [4.69, 9.17) is 9.15 Å². The molecule has 1 saturated carbocycles. The van der Waals surface area contributed by atoms with E-state index in [0.29, 0.717) is 12.3 Å². The van der Waals surface area contributed by atoms with Crippen molar-refractivity contribution in [2.75, 3.05) is 6.54 Å². The highest BCUT2D eigenvalue weighted by Crippen LogP contribution is 2.39. The zero-order chi connectivity index (χ0) is 20.2. The number of urea groups is 1. The number of carbonyl (C=O) groups is 2. The van der Waals surface area contributed by atoms with E-state index in [0.717, 1.165) is 36.4 Å². The lowest BCUT2D eigenvalue weighted by Crippen LogP contribution is -2.47. The zero-order valence-electron chi connectivity index (χ0n) is 16.5. The molecule has 8 heteroatoms. The maximum absolute atomic E-state index is 12.7. The minimum atomic E-state index is -0.627. The summed E-state index contributed by atoms with van der Waals surface area (Å²) in [4.78, 5) is 29.4. The van der Waals surface area contributed by atoms with Crippen molar-refractivity contribution in [2.45, 2.75) is 58.6 Å². The van der Waals surface area contributed by atoms with Gasteiger partial charge in [-0.1, -0.05) is 12.8 Å². The highest BCUT2D eigenvalue weighted by atomic mass is 32.1. The highest BCUT2D eigenvalue weighted by molar-refractivity contribution is 7.13. The molecule has 0 saturated heterocycles. The fraction of sp³-hybridized carbons (Fsp3) is 0.550. The van der Waals surface area contributed by atoms with Gasteiger partial charge in [0.2, 0.25) is 0 Å². The Kier molecular flexibility index (Phi) is 6.07. The van der Waals surface area contributed by atoms with E-state index in [1.54, 1.807) is 6.26 Å². The fourth-order valence-electron chi connectivity index (χ4n) is 3.28. The molecule has 0 unspecified atom stereocenters. The lowest BCUT2D eigenvalue weighted by molar-refractivity contribution is -0.167. The SMILES string of the molecule is CC(C)(C)OC(=O)C1(CNC(=O)NCc2csc(-c3ccco3)n2)CCCC1. The third-order valence-electron chi connectivity index (χ3n) is 4.69. The summed E-state index contributed by atoms with van der Waals surface area (Å²) in [6.45, 7) is 6.17. The number of carbonyl (C=O) groups excluding carboxylic acids is 2. The van der Waals surface area contributed by atoms with Gasteiger partial charge in [-0.25, -0.2) is 9.78 Å². The molecule has 0 atom stereocenters. The van der Waals surface area contributed by atoms with Crippen LogP contribution in [0.15, 0.2) is 28.2 Å². The van der Waals surface area contributed by atoms with Crippen molar-refractivity contribution in [1.29, 1.82) is 0 Å². The predicted octanol–water partition coefficient (Wildman–Crippen LogP) is 4.10. The smallest absolute Gasteiger partial charge is 0.315 e. The molecule has 0 aromatic carbocycles. The van der Waals surface area contributed by atoms with E-state index < -0.39 is 11.0 Å². The van der Waals surface area contributed by atoms with Crippen LogP contribution in [0.3, 0.4) is 0 Å². The predicted molar refractivity (Wildman–Crippen MR) is 107 cm³/mol. The molecule has 2 aromatic rings. The number of amides is 2. The summed E-state index contributed by atoms with van der Waals surface area (Å²) in [5, 5.41) is 8.30. The summed E-state index contributed by atoms with van der Waals surface area (Å²) in [5.74, 6) is 0.488. The Morgan fingerprint density at radius 2 is 2.04 bits per heavy atom. The standard InChI is InChI=1S/C20H27N3O4S/c1-19(2,3)27-17(24)20(8-4-5-9-20)13-22-18(25)21-11-14-12-28-16(23-14)15-7-6-10-26-15/h6-7,10,12H,4-5,8-9,11,13H2,1-3H3,(H2,21,22,25). The first-order valence-electron chi connectivity index (χ1n) is 9.51. The molecule has 0 aliphatic heterocycles. The first kappa shape index (κ1) is 20.4. The van der Waals surface area contributed by atoms with Gasteiger partial charge in [0.25, 0.3) is 0 Å². The number of ether oxygens (including phenoxy) is 1. The van der Waals surface area contributed by atoms with Crippen LogP contribution in [0.2, 0.25) is 0 Å². The number of furan rings is 1. The zero-order valence-corrected chi connectivity index (χ0v) is 17.4. The Bertz CT molecular complexity index is 802. The topological polar surface area (TPSA) is 93.5 Å². The van der Waals surface area contributed by atoms with Gasteiger partial charge in [0.05, 0.1) is 23.9 Å². The monoisotopic (exact) mass is 405 g/mol. The molecular formula is C20H27N3O4S. The van der Waals surface area contributed by atoms with E-state index >= 15 is 0 Å². The Morgan fingerprint density at radius 1 is 1.29 bits per heavy atom. The van der Waals surface area contributed by atoms with Crippen LogP contribution in [0.4, 0.5) is 4.79 Å². The number of esters is 1. The Balaban J connectivity index is 1.51. The molecule has 0 bridgehead atoms. The fourth-order valence-corrected chi connectivity index (χ4v) is 4.06. The summed E-state index contributed by atoms with van der Waals surface area (Å²) in [5.41, 5.74) is -0.405. The number of rotatable bonds is 6. The van der Waals surface area contributed by atoms with Crippen LogP contribution in [0.1, 0.15) is 52.1 Å². The van der Waals surface area contributed by atoms with Gasteiger partial charge in [-0.3, -0.25) is 4.79 Å². The largest absolute Gasteiger partial charge is 0.462 e. The van der Waals surface area contributed by atoms with Crippen LogP contribution >= 0.6 is 11.3 Å². The van der Waals surface area contributed by atoms with Crippen molar-refractivity contribution < 1.29 is 18.7 Å². The molecule has 0 radical (unpaired) electrons. The molecule has 1 fully saturated rings. The molecule has 28 heavy (non-hydrogen) atoms. The summed E-state index contributed by atoms with van der Waals surface area (Å²) < 4.78 is 10.9. The van der Waals surface area contributed by atoms with Crippen molar-refractivity contribution in [3.8, 4) is 10.8 Å². The van der Waals surface area contributed by atoms with E-state index in [-0.39, 0.29) is 18.5 Å². The van der Waals surface area contributed by atoms with E-state index in [9.17, 15) is 9.59 Å². The molecule has 2 aromatic heterocycles. The van der Waals surface area contributed by atoms with Crippen molar-refractivity contribution in [3.05, 3.63) is 29.5 Å². The van der Waals surface area contributed by atoms with Gasteiger partial charge in [0.1, 0.15) is 5.60 Å². The lowest BCUT2D eigenvalue weighted by atomic mass is 9.86. The first-order valence-corrected chi connectivity index (χ1v) is 10.4. The molecule has 7 nitrogen and oxygen atoms in total. The number of thiazole rings is 1. The van der Waals surface area contributed by atoms with Crippen molar-refractivity contribution >= 4 is 23.3 Å². The van der Waals surface area contributed by atoms with Crippen LogP contribution in [-0.2, 0) is 16.1 Å². The molecule has 1 aliphatic carbocycles. The van der Waals surface area contributed by atoms with Crippen LogP contribution in [0.25, 0.3) is 10.8 Å². The lowest BCUT2D eigenvalue weighted by Gasteiger charge is -2.31. The van der Waals surface area contributed by atoms with Gasteiger partial charge in [-0.05, 0) is 45.7 Å². The van der Waals surface area contributed by atoms with Crippen LogP contribution in [0.5, 0.6) is 0 Å². The number of hydrogen-bond acceptors (Lipinski definition) is 6. The van der Waals surface area contributed by atoms with Crippen LogP contribution in [-0.4, -0.2) is 29.1 Å². The summed E-state index contributed by atoms with van der Waals surface area (Å²) in [6, 6.07) is 3.34. The Hall–Kier alpha value is -2.35. The molecule has 0 spiro atoms. The molecule has 2 N–H and O–H groups in total. The average molecular weight is 406 g/mol. The molecule has 2 amide bonds. The van der Waals surface area contributed by atoms with Crippen molar-refractivity contribution in [3.63, 3.8) is 0 Å². The normalized spacial score (nSPS) is 16.0. The Labute approximate surface area is 168 Å². The van der Waals surface area contributed by atoms with Gasteiger partial charge < -0.3 is 19.8 Å². The second-order valence-corrected chi connectivity index (χ2v) is 9.00. The van der Waals surface area contributed by atoms with E-state index in [2.05, 4.69) is 15.6 Å². The number of nitrogens with zero attached hydrogens (tertiary/aromatic N) is 1. The van der Waals surface area contributed by atoms with Gasteiger partial charge in [0, 0.05) is 11.9 Å². The summed E-state index contributed by atoms with van der Waals surface area (Å²) >= 11 is 1.46. The van der Waals surface area contributed by atoms with Gasteiger partial charge in [-0.2, -0.15) is 0 Å². The molecular weight excluding hydrogens is 378 g/mol. The second kappa shape index (κ2) is 8.34. The number of hydrogen-bond donors (Lipinski definition) is 2. The third kappa shape index (κ3) is 5.13. The molecule has 3 rings (SSSR count). The van der Waals surface area contributed by atoms with Crippen molar-refractivity contribution in [2.24, 2.45) is 5.41 Å². The second-order valence-electron chi connectivity index (χ2n) is 8.15. The third-order valence-corrected chi connectivity index (χ3v) is 5.60. The number of aromatic nitrogens is 1. The number of nitrogens with one attached hydrogen (secondary N) is 2. The van der Waals surface area contributed by atoms with Crippen LogP contribution in [0, 0.1) is 5.41 Å². The van der Waals surface area contributed by atoms with Gasteiger partial charge in [-0.15, -0.1) is 11.3 Å². The molecule has 2 heterocycles. The molecule has 1 aliphatic rings. The quantitative estimate of drug-likeness (QED) is 0.706. The maximum Gasteiger partial charge on any atom is 0.315 e. The first-order chi connectivity index (χ1) is 13.3.